The lowest BCUT2D eigenvalue weighted by Gasteiger charge is -2.29. The van der Waals surface area contributed by atoms with E-state index in [-0.39, 0.29) is 5.91 Å². The second-order valence-electron chi connectivity index (χ2n) is 9.13. The number of carbonyl (C=O) groups excluding carboxylic acids is 1. The van der Waals surface area contributed by atoms with Crippen molar-refractivity contribution in [3.8, 4) is 11.1 Å². The summed E-state index contributed by atoms with van der Waals surface area (Å²) in [6.45, 7) is 6.46. The first-order valence-corrected chi connectivity index (χ1v) is 12.3. The number of rotatable bonds is 11. The Kier molecular flexibility index (Phi) is 9.39. The van der Waals surface area contributed by atoms with E-state index < -0.39 is 0 Å². The molecule has 0 aliphatic heterocycles. The molecule has 0 unspecified atom stereocenters. The Morgan fingerprint density at radius 1 is 0.935 bits per heavy atom. The molecular formula is C29H39NO. The van der Waals surface area contributed by atoms with Crippen molar-refractivity contribution in [1.29, 1.82) is 0 Å². The third-order valence-electron chi connectivity index (χ3n) is 6.86. The molecule has 1 aliphatic carbocycles. The summed E-state index contributed by atoms with van der Waals surface area (Å²) in [5.74, 6) is 1.62. The average Bonchev–Trinajstić information content (AvgIpc) is 2.83. The van der Waals surface area contributed by atoms with Gasteiger partial charge in [0.15, 0.2) is 0 Å². The van der Waals surface area contributed by atoms with Crippen LogP contribution in [0.5, 0.6) is 0 Å². The van der Waals surface area contributed by atoms with Crippen LogP contribution in [0.2, 0.25) is 0 Å². The van der Waals surface area contributed by atoms with Crippen LogP contribution in [0.4, 0.5) is 0 Å². The second-order valence-corrected chi connectivity index (χ2v) is 9.13. The van der Waals surface area contributed by atoms with Crippen molar-refractivity contribution in [3.05, 3.63) is 72.3 Å². The minimum atomic E-state index is -0.0983. The summed E-state index contributed by atoms with van der Waals surface area (Å²) in [7, 11) is 0. The Morgan fingerprint density at radius 2 is 1.58 bits per heavy atom. The molecule has 0 saturated heterocycles. The number of amides is 1. The van der Waals surface area contributed by atoms with Gasteiger partial charge in [-0.05, 0) is 78.7 Å². The zero-order valence-electron chi connectivity index (χ0n) is 19.2. The third kappa shape index (κ3) is 7.38. The molecule has 166 valence electrons. The Labute approximate surface area is 189 Å². The molecular weight excluding hydrogens is 378 g/mol. The lowest BCUT2D eigenvalue weighted by Crippen LogP contribution is -2.22. The summed E-state index contributed by atoms with van der Waals surface area (Å²) in [5.41, 5.74) is 5.40. The molecule has 2 aromatic rings. The quantitative estimate of drug-likeness (QED) is 0.299. The summed E-state index contributed by atoms with van der Waals surface area (Å²) < 4.78 is 0. The van der Waals surface area contributed by atoms with Crippen LogP contribution >= 0.6 is 0 Å². The second kappa shape index (κ2) is 12.5. The fourth-order valence-corrected chi connectivity index (χ4v) is 4.86. The summed E-state index contributed by atoms with van der Waals surface area (Å²) in [5, 5.41) is 2.83. The topological polar surface area (TPSA) is 29.1 Å². The van der Waals surface area contributed by atoms with Gasteiger partial charge in [-0.3, -0.25) is 4.79 Å². The number of unbranched alkanes of at least 4 members (excludes halogenated alkanes) is 2. The molecule has 2 heteroatoms. The Balaban J connectivity index is 1.46. The standard InChI is InChI=1S/C29H39NO/c1-3-5-6-8-23-10-14-25(15-11-23)27-18-20-28(21-19-27)26-16-12-24(13-17-26)9-7-22-30-29(31)4-2/h4,12-13,16-21,23,25H,2-3,5-11,14-15,22H2,1H3,(H,30,31). The van der Waals surface area contributed by atoms with Crippen LogP contribution in [0.25, 0.3) is 11.1 Å². The van der Waals surface area contributed by atoms with E-state index in [9.17, 15) is 4.79 Å². The van der Waals surface area contributed by atoms with E-state index in [1.807, 2.05) is 0 Å². The molecule has 0 heterocycles. The first-order valence-electron chi connectivity index (χ1n) is 12.3. The summed E-state index contributed by atoms with van der Waals surface area (Å²) in [6, 6.07) is 18.1. The first kappa shape index (κ1) is 23.3. The molecule has 0 atom stereocenters. The van der Waals surface area contributed by atoms with E-state index in [2.05, 4.69) is 67.4 Å². The maximum absolute atomic E-state index is 11.2. The molecule has 0 aromatic heterocycles. The number of benzene rings is 2. The SMILES string of the molecule is C=CC(=O)NCCCc1ccc(-c2ccc(C3CCC(CCCCC)CC3)cc2)cc1. The predicted octanol–water partition coefficient (Wildman–Crippen LogP) is 7.44. The van der Waals surface area contributed by atoms with Crippen LogP contribution in [0, 0.1) is 5.92 Å². The molecule has 0 radical (unpaired) electrons. The highest BCUT2D eigenvalue weighted by Gasteiger charge is 2.22. The third-order valence-corrected chi connectivity index (χ3v) is 6.86. The Hall–Kier alpha value is -2.35. The van der Waals surface area contributed by atoms with Gasteiger partial charge in [-0.25, -0.2) is 0 Å². The molecule has 2 nitrogen and oxygen atoms in total. The molecule has 0 bridgehead atoms. The maximum atomic E-state index is 11.2. The van der Waals surface area contributed by atoms with Crippen LogP contribution in [0.1, 0.15) is 81.8 Å². The molecule has 1 saturated carbocycles. The van der Waals surface area contributed by atoms with Crippen molar-refractivity contribution in [2.45, 2.75) is 77.0 Å². The lowest BCUT2D eigenvalue weighted by atomic mass is 9.77. The van der Waals surface area contributed by atoms with Gasteiger partial charge in [0, 0.05) is 6.54 Å². The van der Waals surface area contributed by atoms with Gasteiger partial charge >= 0.3 is 0 Å². The van der Waals surface area contributed by atoms with Gasteiger partial charge in [0.05, 0.1) is 0 Å². The van der Waals surface area contributed by atoms with Crippen LogP contribution in [0.3, 0.4) is 0 Å². The normalized spacial score (nSPS) is 18.5. The van der Waals surface area contributed by atoms with Crippen molar-refractivity contribution in [3.63, 3.8) is 0 Å². The molecule has 3 rings (SSSR count). The molecule has 1 aliphatic rings. The number of carbonyl (C=O) groups is 1. The molecule has 1 amide bonds. The largest absolute Gasteiger partial charge is 0.353 e. The van der Waals surface area contributed by atoms with Gasteiger partial charge in [-0.1, -0.05) is 87.7 Å². The van der Waals surface area contributed by atoms with Crippen molar-refractivity contribution in [2.75, 3.05) is 6.54 Å². The lowest BCUT2D eigenvalue weighted by molar-refractivity contribution is -0.116. The summed E-state index contributed by atoms with van der Waals surface area (Å²) in [6.07, 6.45) is 14.4. The Bertz CT molecular complexity index is 798. The van der Waals surface area contributed by atoms with Crippen LogP contribution in [0.15, 0.2) is 61.2 Å². The highest BCUT2D eigenvalue weighted by atomic mass is 16.1. The molecule has 1 fully saturated rings. The molecule has 0 spiro atoms. The fraction of sp³-hybridized carbons (Fsp3) is 0.483. The highest BCUT2D eigenvalue weighted by molar-refractivity contribution is 5.86. The van der Waals surface area contributed by atoms with Gasteiger partial charge in [-0.2, -0.15) is 0 Å². The van der Waals surface area contributed by atoms with Gasteiger partial charge in [0.25, 0.3) is 0 Å². The summed E-state index contributed by atoms with van der Waals surface area (Å²) in [4.78, 5) is 11.2. The minimum Gasteiger partial charge on any atom is -0.353 e. The number of hydrogen-bond acceptors (Lipinski definition) is 1. The highest BCUT2D eigenvalue weighted by Crippen LogP contribution is 2.38. The smallest absolute Gasteiger partial charge is 0.243 e. The van der Waals surface area contributed by atoms with Crippen LogP contribution in [-0.2, 0) is 11.2 Å². The number of nitrogens with one attached hydrogen (secondary N) is 1. The summed E-state index contributed by atoms with van der Waals surface area (Å²) >= 11 is 0. The maximum Gasteiger partial charge on any atom is 0.243 e. The predicted molar refractivity (Wildman–Crippen MR) is 132 cm³/mol. The van der Waals surface area contributed by atoms with Crippen molar-refractivity contribution in [2.24, 2.45) is 5.92 Å². The van der Waals surface area contributed by atoms with Crippen LogP contribution in [-0.4, -0.2) is 12.5 Å². The zero-order chi connectivity index (χ0) is 21.9. The molecule has 2 aromatic carbocycles. The first-order chi connectivity index (χ1) is 15.2. The van der Waals surface area contributed by atoms with E-state index in [1.54, 1.807) is 0 Å². The van der Waals surface area contributed by atoms with Gasteiger partial charge in [-0.15, -0.1) is 0 Å². The van der Waals surface area contributed by atoms with E-state index in [0.29, 0.717) is 6.54 Å². The average molecular weight is 418 g/mol. The van der Waals surface area contributed by atoms with Gasteiger partial charge in [0.2, 0.25) is 5.91 Å². The molecule has 1 N–H and O–H groups in total. The van der Waals surface area contributed by atoms with E-state index in [0.717, 1.165) is 24.7 Å². The zero-order valence-corrected chi connectivity index (χ0v) is 19.2. The Morgan fingerprint density at radius 3 is 2.19 bits per heavy atom. The number of hydrogen-bond donors (Lipinski definition) is 1. The van der Waals surface area contributed by atoms with E-state index in [4.69, 9.17) is 0 Å². The monoisotopic (exact) mass is 417 g/mol. The minimum absolute atomic E-state index is 0.0983. The van der Waals surface area contributed by atoms with E-state index >= 15 is 0 Å². The van der Waals surface area contributed by atoms with E-state index in [1.165, 1.54) is 79.7 Å². The fourth-order valence-electron chi connectivity index (χ4n) is 4.86. The van der Waals surface area contributed by atoms with Crippen molar-refractivity contribution in [1.82, 2.24) is 5.32 Å². The van der Waals surface area contributed by atoms with Crippen molar-refractivity contribution < 1.29 is 4.79 Å². The van der Waals surface area contributed by atoms with Crippen molar-refractivity contribution >= 4 is 5.91 Å². The molecule has 31 heavy (non-hydrogen) atoms. The number of aryl methyl sites for hydroxylation is 1. The van der Waals surface area contributed by atoms with Gasteiger partial charge < -0.3 is 5.32 Å². The van der Waals surface area contributed by atoms with Crippen LogP contribution < -0.4 is 5.32 Å². The van der Waals surface area contributed by atoms with Gasteiger partial charge in [0.1, 0.15) is 0 Å².